The van der Waals surface area contributed by atoms with Crippen molar-refractivity contribution in [2.24, 2.45) is 10.1 Å². The molecule has 0 atom stereocenters. The normalized spacial score (nSPS) is 12.3. The van der Waals surface area contributed by atoms with Gasteiger partial charge in [0, 0.05) is 32.5 Å². The number of nitrogens with one attached hydrogen (secondary N) is 1. The molecule has 0 spiro atoms. The molecule has 0 saturated heterocycles. The van der Waals surface area contributed by atoms with Gasteiger partial charge in [0.05, 0.1) is 19.0 Å². The number of aryl methyl sites for hydroxylation is 1. The van der Waals surface area contributed by atoms with Crippen molar-refractivity contribution in [2.45, 2.75) is 6.92 Å². The number of hydrogen-bond donors (Lipinski definition) is 1. The third-order valence-electron chi connectivity index (χ3n) is 4.14. The smallest absolute Gasteiger partial charge is 0.211 e. The van der Waals surface area contributed by atoms with Crippen molar-refractivity contribution in [1.29, 1.82) is 0 Å². The Kier molecular flexibility index (Phi) is 4.96. The second-order valence-electron chi connectivity index (χ2n) is 5.93. The van der Waals surface area contributed by atoms with Gasteiger partial charge in [-0.25, -0.2) is 9.67 Å². The second kappa shape index (κ2) is 7.54. The number of thiazole rings is 1. The van der Waals surface area contributed by atoms with E-state index in [0.717, 1.165) is 42.9 Å². The SMILES string of the molecule is COc1ccccc1N=c1scc(C)n1N=Cc1c[nH]c2ccc(Br)cc12. The number of benzene rings is 2. The van der Waals surface area contributed by atoms with Crippen LogP contribution in [0.3, 0.4) is 0 Å². The third-order valence-corrected chi connectivity index (χ3v) is 5.57. The third kappa shape index (κ3) is 3.61. The molecular weight excluding hydrogens is 424 g/mol. The van der Waals surface area contributed by atoms with Crippen LogP contribution in [0.4, 0.5) is 5.69 Å². The highest BCUT2D eigenvalue weighted by molar-refractivity contribution is 9.10. The number of halogens is 1. The van der Waals surface area contributed by atoms with Crippen LogP contribution in [0.15, 0.2) is 68.6 Å². The van der Waals surface area contributed by atoms with Crippen LogP contribution in [0.25, 0.3) is 10.9 Å². The number of methoxy groups -OCH3 is 1. The minimum absolute atomic E-state index is 0.737. The summed E-state index contributed by atoms with van der Waals surface area (Å²) < 4.78 is 8.28. The molecule has 0 aliphatic rings. The van der Waals surface area contributed by atoms with Crippen LogP contribution in [0.2, 0.25) is 0 Å². The zero-order valence-electron chi connectivity index (χ0n) is 14.8. The highest BCUT2D eigenvalue weighted by Gasteiger charge is 2.05. The zero-order chi connectivity index (χ0) is 18.8. The summed E-state index contributed by atoms with van der Waals surface area (Å²) in [6.07, 6.45) is 3.81. The van der Waals surface area contributed by atoms with E-state index in [1.807, 2.05) is 65.8 Å². The summed E-state index contributed by atoms with van der Waals surface area (Å²) in [4.78, 5) is 8.79. The summed E-state index contributed by atoms with van der Waals surface area (Å²) in [6.45, 7) is 2.01. The van der Waals surface area contributed by atoms with E-state index in [-0.39, 0.29) is 0 Å². The minimum atomic E-state index is 0.737. The average molecular weight is 441 g/mol. The van der Waals surface area contributed by atoms with Crippen molar-refractivity contribution in [3.05, 3.63) is 74.6 Å². The number of ether oxygens (including phenoxy) is 1. The minimum Gasteiger partial charge on any atom is -0.494 e. The van der Waals surface area contributed by atoms with E-state index in [1.165, 1.54) is 0 Å². The van der Waals surface area contributed by atoms with Crippen LogP contribution in [0, 0.1) is 6.92 Å². The van der Waals surface area contributed by atoms with Crippen molar-refractivity contribution in [1.82, 2.24) is 9.66 Å². The van der Waals surface area contributed by atoms with Gasteiger partial charge in [0.1, 0.15) is 11.4 Å². The topological polar surface area (TPSA) is 54.7 Å². The number of aromatic nitrogens is 2. The number of para-hydroxylation sites is 2. The molecule has 5 nitrogen and oxygen atoms in total. The fraction of sp³-hybridized carbons (Fsp3) is 0.100. The lowest BCUT2D eigenvalue weighted by Gasteiger charge is -2.03. The number of hydrogen-bond acceptors (Lipinski definition) is 4. The molecule has 1 N–H and O–H groups in total. The van der Waals surface area contributed by atoms with Crippen molar-refractivity contribution < 1.29 is 4.74 Å². The second-order valence-corrected chi connectivity index (χ2v) is 7.69. The fourth-order valence-electron chi connectivity index (χ4n) is 2.77. The molecule has 4 rings (SSSR count). The number of aromatic amines is 1. The first-order valence-corrected chi connectivity index (χ1v) is 9.99. The Balaban J connectivity index is 1.77. The van der Waals surface area contributed by atoms with Gasteiger partial charge in [-0.1, -0.05) is 28.1 Å². The van der Waals surface area contributed by atoms with Crippen LogP contribution in [-0.4, -0.2) is 23.0 Å². The lowest BCUT2D eigenvalue weighted by atomic mass is 10.2. The van der Waals surface area contributed by atoms with Crippen LogP contribution < -0.4 is 9.54 Å². The molecule has 0 amide bonds. The van der Waals surface area contributed by atoms with Gasteiger partial charge in [-0.2, -0.15) is 5.10 Å². The molecule has 2 aromatic heterocycles. The van der Waals surface area contributed by atoms with Crippen molar-refractivity contribution in [3.63, 3.8) is 0 Å². The average Bonchev–Trinajstić information content (AvgIpc) is 3.23. The van der Waals surface area contributed by atoms with Gasteiger partial charge >= 0.3 is 0 Å². The Bertz CT molecular complexity index is 1200. The van der Waals surface area contributed by atoms with E-state index in [2.05, 4.69) is 32.1 Å². The molecule has 0 aliphatic carbocycles. The van der Waals surface area contributed by atoms with Crippen LogP contribution in [0.1, 0.15) is 11.3 Å². The van der Waals surface area contributed by atoms with E-state index < -0.39 is 0 Å². The van der Waals surface area contributed by atoms with Gasteiger partial charge in [-0.05, 0) is 37.3 Å². The van der Waals surface area contributed by atoms with Crippen molar-refractivity contribution in [3.8, 4) is 5.75 Å². The lowest BCUT2D eigenvalue weighted by molar-refractivity contribution is 0.416. The van der Waals surface area contributed by atoms with E-state index in [9.17, 15) is 0 Å². The highest BCUT2D eigenvalue weighted by Crippen LogP contribution is 2.26. The Morgan fingerprint density at radius 3 is 2.93 bits per heavy atom. The number of nitrogens with zero attached hydrogens (tertiary/aromatic N) is 3. The van der Waals surface area contributed by atoms with Crippen molar-refractivity contribution >= 4 is 50.1 Å². The largest absolute Gasteiger partial charge is 0.494 e. The lowest BCUT2D eigenvalue weighted by Crippen LogP contribution is -2.11. The molecule has 0 unspecified atom stereocenters. The number of H-pyrrole nitrogens is 1. The standard InChI is InChI=1S/C20H17BrN4OS/c1-13-12-27-20(24-18-5-3-4-6-19(18)26-2)25(13)23-11-14-10-22-17-8-7-15(21)9-16(14)17/h3-12,22H,1-2H3. The van der Waals surface area contributed by atoms with E-state index in [1.54, 1.807) is 18.4 Å². The summed E-state index contributed by atoms with van der Waals surface area (Å²) in [5.41, 5.74) is 3.89. The number of fused-ring (bicyclic) bond motifs is 1. The first kappa shape index (κ1) is 17.8. The van der Waals surface area contributed by atoms with E-state index in [4.69, 9.17) is 9.73 Å². The molecule has 7 heteroatoms. The fourth-order valence-corrected chi connectivity index (χ4v) is 3.95. The molecule has 27 heavy (non-hydrogen) atoms. The van der Waals surface area contributed by atoms with Gasteiger partial charge in [-0.15, -0.1) is 11.3 Å². The molecule has 2 aromatic carbocycles. The van der Waals surface area contributed by atoms with Crippen molar-refractivity contribution in [2.75, 3.05) is 7.11 Å². The summed E-state index contributed by atoms with van der Waals surface area (Å²) in [5, 5.41) is 7.83. The predicted molar refractivity (Wildman–Crippen MR) is 114 cm³/mol. The number of rotatable bonds is 4. The van der Waals surface area contributed by atoms with Gasteiger partial charge in [0.2, 0.25) is 4.80 Å². The summed E-state index contributed by atoms with van der Waals surface area (Å²) in [5.74, 6) is 0.737. The molecule has 0 radical (unpaired) electrons. The molecular formula is C20H17BrN4OS. The maximum Gasteiger partial charge on any atom is 0.211 e. The molecule has 0 saturated carbocycles. The summed E-state index contributed by atoms with van der Waals surface area (Å²) in [6, 6.07) is 13.8. The highest BCUT2D eigenvalue weighted by atomic mass is 79.9. The Hall–Kier alpha value is -2.64. The summed E-state index contributed by atoms with van der Waals surface area (Å²) in [7, 11) is 1.65. The first-order valence-electron chi connectivity index (χ1n) is 8.31. The van der Waals surface area contributed by atoms with Gasteiger partial charge in [0.25, 0.3) is 0 Å². The van der Waals surface area contributed by atoms with Crippen LogP contribution >= 0.6 is 27.3 Å². The molecule has 0 aliphatic heterocycles. The molecule has 2 heterocycles. The zero-order valence-corrected chi connectivity index (χ0v) is 17.2. The van der Waals surface area contributed by atoms with Crippen LogP contribution in [-0.2, 0) is 0 Å². The Morgan fingerprint density at radius 1 is 1.22 bits per heavy atom. The predicted octanol–water partition coefficient (Wildman–Crippen LogP) is 5.23. The molecule has 136 valence electrons. The maximum absolute atomic E-state index is 5.40. The Morgan fingerprint density at radius 2 is 2.07 bits per heavy atom. The molecule has 0 bridgehead atoms. The monoisotopic (exact) mass is 440 g/mol. The van der Waals surface area contributed by atoms with Gasteiger partial charge < -0.3 is 9.72 Å². The molecule has 0 fully saturated rings. The van der Waals surface area contributed by atoms with E-state index in [0.29, 0.717) is 0 Å². The summed E-state index contributed by atoms with van der Waals surface area (Å²) >= 11 is 5.07. The Labute approximate surface area is 168 Å². The van der Waals surface area contributed by atoms with Crippen LogP contribution in [0.5, 0.6) is 5.75 Å². The van der Waals surface area contributed by atoms with Gasteiger partial charge in [0.15, 0.2) is 0 Å². The van der Waals surface area contributed by atoms with Gasteiger partial charge in [-0.3, -0.25) is 0 Å². The molecule has 4 aromatic rings. The maximum atomic E-state index is 5.40. The van der Waals surface area contributed by atoms with E-state index >= 15 is 0 Å². The first-order chi connectivity index (χ1) is 13.2. The quantitative estimate of drug-likeness (QED) is 0.434.